The molecule has 184 valence electrons. The lowest BCUT2D eigenvalue weighted by Gasteiger charge is -2.19. The fourth-order valence-corrected chi connectivity index (χ4v) is 4.44. The van der Waals surface area contributed by atoms with E-state index in [1.54, 1.807) is 42.5 Å². The van der Waals surface area contributed by atoms with E-state index in [0.717, 1.165) is 5.56 Å². The second-order valence-corrected chi connectivity index (χ2v) is 8.60. The van der Waals surface area contributed by atoms with Crippen LogP contribution < -0.4 is 16.6 Å². The Balaban J connectivity index is 1.48. The molecule has 37 heavy (non-hydrogen) atoms. The number of carbonyl (C=O) groups excluding carboxylic acids is 1. The summed E-state index contributed by atoms with van der Waals surface area (Å²) in [4.78, 5) is 31.5. The van der Waals surface area contributed by atoms with Gasteiger partial charge in [-0.3, -0.25) is 18.8 Å². The van der Waals surface area contributed by atoms with Crippen molar-refractivity contribution < 1.29 is 4.79 Å². The highest BCUT2D eigenvalue weighted by Crippen LogP contribution is 2.25. The number of aromatic nitrogens is 8. The number of amides is 1. The van der Waals surface area contributed by atoms with Gasteiger partial charge in [0.25, 0.3) is 11.5 Å². The van der Waals surface area contributed by atoms with Crippen LogP contribution in [0.3, 0.4) is 0 Å². The highest BCUT2D eigenvalue weighted by Gasteiger charge is 2.25. The molecule has 0 aliphatic heterocycles. The Hall–Kier alpha value is -5.26. The lowest BCUT2D eigenvalue weighted by Crippen LogP contribution is -2.34. The summed E-state index contributed by atoms with van der Waals surface area (Å²) in [5.74, 6) is -0.0802. The van der Waals surface area contributed by atoms with Crippen LogP contribution in [0.2, 0.25) is 0 Å². The van der Waals surface area contributed by atoms with E-state index in [-0.39, 0.29) is 16.9 Å². The van der Waals surface area contributed by atoms with Crippen LogP contribution in [0, 0.1) is 0 Å². The number of nitrogen functional groups attached to an aromatic ring is 1. The molecule has 0 aliphatic rings. The summed E-state index contributed by atoms with van der Waals surface area (Å²) in [7, 11) is 1.82. The van der Waals surface area contributed by atoms with E-state index in [1.165, 1.54) is 13.6 Å². The Morgan fingerprint density at radius 3 is 2.62 bits per heavy atom. The van der Waals surface area contributed by atoms with Crippen molar-refractivity contribution >= 4 is 22.9 Å². The molecule has 0 unspecified atom stereocenters. The lowest BCUT2D eigenvalue weighted by atomic mass is 10.1. The molecule has 0 saturated heterocycles. The van der Waals surface area contributed by atoms with Crippen molar-refractivity contribution in [2.75, 3.05) is 5.73 Å². The van der Waals surface area contributed by atoms with E-state index in [9.17, 15) is 9.59 Å². The van der Waals surface area contributed by atoms with Gasteiger partial charge in [-0.25, -0.2) is 14.0 Å². The van der Waals surface area contributed by atoms with Gasteiger partial charge in [0.15, 0.2) is 17.3 Å². The third-order valence-electron chi connectivity index (χ3n) is 6.13. The molecule has 0 saturated carbocycles. The van der Waals surface area contributed by atoms with Crippen LogP contribution in [-0.2, 0) is 7.05 Å². The topological polar surface area (TPSA) is 142 Å². The number of para-hydroxylation sites is 1. The molecule has 0 bridgehead atoms. The second kappa shape index (κ2) is 8.45. The van der Waals surface area contributed by atoms with Gasteiger partial charge < -0.3 is 11.1 Å². The maximum atomic E-state index is 14.0. The average molecular weight is 495 g/mol. The first kappa shape index (κ1) is 22.2. The number of nitrogens with zero attached hydrogens (tertiary/aromatic N) is 8. The molecule has 0 fully saturated rings. The summed E-state index contributed by atoms with van der Waals surface area (Å²) < 4.78 is 6.17. The number of anilines is 1. The Labute approximate surface area is 209 Å². The van der Waals surface area contributed by atoms with Crippen LogP contribution >= 0.6 is 0 Å². The van der Waals surface area contributed by atoms with E-state index in [0.29, 0.717) is 28.2 Å². The van der Waals surface area contributed by atoms with E-state index < -0.39 is 11.9 Å². The van der Waals surface area contributed by atoms with Crippen LogP contribution in [0.1, 0.15) is 29.1 Å². The van der Waals surface area contributed by atoms with Crippen molar-refractivity contribution in [3.63, 3.8) is 0 Å². The minimum Gasteiger partial charge on any atom is -0.381 e. The van der Waals surface area contributed by atoms with Crippen LogP contribution in [0.5, 0.6) is 0 Å². The quantitative estimate of drug-likeness (QED) is 0.373. The third kappa shape index (κ3) is 3.62. The fourth-order valence-electron chi connectivity index (χ4n) is 4.44. The molecule has 1 atom stereocenters. The molecule has 12 heteroatoms. The van der Waals surface area contributed by atoms with E-state index >= 15 is 0 Å². The van der Waals surface area contributed by atoms with Gasteiger partial charge >= 0.3 is 0 Å². The zero-order valence-corrected chi connectivity index (χ0v) is 20.0. The molecule has 1 aromatic carbocycles. The summed E-state index contributed by atoms with van der Waals surface area (Å²) in [6.45, 7) is 1.76. The first-order valence-electron chi connectivity index (χ1n) is 11.5. The first-order chi connectivity index (χ1) is 17.9. The van der Waals surface area contributed by atoms with Crippen molar-refractivity contribution in [2.45, 2.75) is 13.0 Å². The number of nitrogens with two attached hydrogens (primary N) is 1. The van der Waals surface area contributed by atoms with Crippen molar-refractivity contribution in [2.24, 2.45) is 7.05 Å². The predicted octanol–water partition coefficient (Wildman–Crippen LogP) is 2.00. The van der Waals surface area contributed by atoms with E-state index in [2.05, 4.69) is 20.5 Å². The van der Waals surface area contributed by atoms with Gasteiger partial charge in [-0.1, -0.05) is 18.2 Å². The Kier molecular flexibility index (Phi) is 5.07. The zero-order valence-electron chi connectivity index (χ0n) is 20.0. The molecule has 5 heterocycles. The lowest BCUT2D eigenvalue weighted by molar-refractivity contribution is 0.0940. The monoisotopic (exact) mass is 494 g/mol. The Morgan fingerprint density at radius 1 is 1.05 bits per heavy atom. The van der Waals surface area contributed by atoms with Crippen molar-refractivity contribution in [1.29, 1.82) is 0 Å². The van der Waals surface area contributed by atoms with Gasteiger partial charge in [0, 0.05) is 43.0 Å². The number of nitrogens with one attached hydrogen (secondary N) is 1. The normalized spacial score (nSPS) is 12.3. The van der Waals surface area contributed by atoms with Gasteiger partial charge in [-0.15, -0.1) is 5.10 Å². The second-order valence-electron chi connectivity index (χ2n) is 8.60. The minimum absolute atomic E-state index is 0.0544. The van der Waals surface area contributed by atoms with E-state index in [1.807, 2.05) is 49.6 Å². The van der Waals surface area contributed by atoms with Gasteiger partial charge in [0.2, 0.25) is 0 Å². The summed E-state index contributed by atoms with van der Waals surface area (Å²) in [6.07, 6.45) is 8.48. The molecule has 0 spiro atoms. The molecule has 12 nitrogen and oxygen atoms in total. The van der Waals surface area contributed by atoms with Crippen molar-refractivity contribution in [1.82, 2.24) is 43.9 Å². The molecular formula is C25H22N10O2. The highest BCUT2D eigenvalue weighted by atomic mass is 16.2. The number of fused-ring (bicyclic) bond motifs is 2. The number of carbonyl (C=O) groups is 1. The molecule has 3 N–H and O–H groups in total. The molecular weight excluding hydrogens is 472 g/mol. The van der Waals surface area contributed by atoms with Crippen molar-refractivity contribution in [3.8, 4) is 16.8 Å². The molecule has 0 aliphatic carbocycles. The molecule has 0 radical (unpaired) electrons. The summed E-state index contributed by atoms with van der Waals surface area (Å²) in [5, 5.41) is 16.1. The standard InChI is InChI=1S/C25H22N10O2/c1-15(29-24(36)19-21(26)30-34-11-6-10-27-23(19)34)22-31-33-12-9-18(16-13-28-32(2)14-16)20(33)25(37)35(22)17-7-4-3-5-8-17/h3-15H,1-2H3,(H2,26,30)(H,29,36)/t15-/m0/s1. The SMILES string of the molecule is C[C@H](NC(=O)c1c(N)nn2cccnc12)c1nn2ccc(-c3cnn(C)c3)c2c(=O)n1-c1ccccc1. The molecule has 6 rings (SSSR count). The Bertz CT molecular complexity index is 1840. The summed E-state index contributed by atoms with van der Waals surface area (Å²) in [5.41, 5.74) is 8.77. The molecule has 6 aromatic rings. The highest BCUT2D eigenvalue weighted by molar-refractivity contribution is 6.04. The largest absolute Gasteiger partial charge is 0.381 e. The van der Waals surface area contributed by atoms with Crippen LogP contribution in [0.25, 0.3) is 28.0 Å². The predicted molar refractivity (Wildman–Crippen MR) is 136 cm³/mol. The summed E-state index contributed by atoms with van der Waals surface area (Å²) >= 11 is 0. The number of hydrogen-bond donors (Lipinski definition) is 2. The third-order valence-corrected chi connectivity index (χ3v) is 6.13. The zero-order chi connectivity index (χ0) is 25.7. The van der Waals surface area contributed by atoms with Gasteiger partial charge in [0.1, 0.15) is 11.1 Å². The first-order valence-corrected chi connectivity index (χ1v) is 11.5. The van der Waals surface area contributed by atoms with Crippen LogP contribution in [0.15, 0.2) is 78.2 Å². The molecule has 1 amide bonds. The van der Waals surface area contributed by atoms with Gasteiger partial charge in [-0.05, 0) is 31.2 Å². The number of aryl methyl sites for hydroxylation is 1. The maximum Gasteiger partial charge on any atom is 0.283 e. The van der Waals surface area contributed by atoms with Crippen molar-refractivity contribution in [3.05, 3.63) is 95.2 Å². The fraction of sp³-hybridized carbons (Fsp3) is 0.120. The smallest absolute Gasteiger partial charge is 0.283 e. The number of hydrogen-bond acceptors (Lipinski definition) is 7. The maximum absolute atomic E-state index is 14.0. The van der Waals surface area contributed by atoms with Crippen LogP contribution in [-0.4, -0.2) is 44.5 Å². The van der Waals surface area contributed by atoms with Gasteiger partial charge in [0.05, 0.1) is 17.9 Å². The number of benzene rings is 1. The number of rotatable bonds is 5. The Morgan fingerprint density at radius 2 is 1.86 bits per heavy atom. The minimum atomic E-state index is -0.674. The van der Waals surface area contributed by atoms with Crippen LogP contribution in [0.4, 0.5) is 5.82 Å². The average Bonchev–Trinajstić information content (AvgIpc) is 3.60. The summed E-state index contributed by atoms with van der Waals surface area (Å²) in [6, 6.07) is 12.0. The van der Waals surface area contributed by atoms with E-state index in [4.69, 9.17) is 10.8 Å². The van der Waals surface area contributed by atoms with Gasteiger partial charge in [-0.2, -0.15) is 10.2 Å². The molecule has 5 aromatic heterocycles.